The smallest absolute Gasteiger partial charge is 0.152 e. The number of nitrogens with two attached hydrogens (primary N) is 1. The fraction of sp³-hybridized carbons (Fsp3) is 0.714. The molecule has 1 rings (SSSR count). The van der Waals surface area contributed by atoms with Gasteiger partial charge in [0.2, 0.25) is 0 Å². The molecule has 0 aromatic carbocycles. The molecular weight excluding hydrogens is 156 g/mol. The van der Waals surface area contributed by atoms with Gasteiger partial charge in [0.1, 0.15) is 6.33 Å². The van der Waals surface area contributed by atoms with Gasteiger partial charge in [0.25, 0.3) is 0 Å². The second kappa shape index (κ2) is 4.18. The molecule has 1 heterocycles. The topological polar surface area (TPSA) is 77.0 Å². The molecule has 0 amide bonds. The van der Waals surface area contributed by atoms with E-state index in [2.05, 4.69) is 17.1 Å². The minimum atomic E-state index is -0.418. The zero-order valence-electron chi connectivity index (χ0n) is 7.14. The summed E-state index contributed by atoms with van der Waals surface area (Å²) < 4.78 is 1.86. The molecule has 1 aromatic heterocycles. The lowest BCUT2D eigenvalue weighted by atomic mass is 10.3. The maximum absolute atomic E-state index is 8.79. The van der Waals surface area contributed by atoms with Crippen molar-refractivity contribution in [1.82, 2.24) is 14.8 Å². The van der Waals surface area contributed by atoms with E-state index in [-0.39, 0.29) is 6.61 Å². The molecular formula is C7H14N4O. The van der Waals surface area contributed by atoms with E-state index in [1.165, 1.54) is 0 Å². The van der Waals surface area contributed by atoms with Gasteiger partial charge in [-0.3, -0.25) is 0 Å². The largest absolute Gasteiger partial charge is 0.394 e. The quantitative estimate of drug-likeness (QED) is 0.649. The summed E-state index contributed by atoms with van der Waals surface area (Å²) in [5, 5.41) is 16.4. The number of aliphatic hydroxyl groups excluding tert-OH is 1. The lowest BCUT2D eigenvalue weighted by Crippen LogP contribution is -2.19. The first-order valence-corrected chi connectivity index (χ1v) is 4.03. The van der Waals surface area contributed by atoms with Crippen LogP contribution in [0.25, 0.3) is 0 Å². The Balaban J connectivity index is 2.76. The van der Waals surface area contributed by atoms with Crippen LogP contribution in [0.5, 0.6) is 0 Å². The molecule has 0 unspecified atom stereocenters. The Morgan fingerprint density at radius 3 is 3.08 bits per heavy atom. The molecule has 0 aliphatic heterocycles. The number of aliphatic hydroxyl groups is 1. The van der Waals surface area contributed by atoms with Crippen LogP contribution in [0.15, 0.2) is 6.33 Å². The fourth-order valence-corrected chi connectivity index (χ4v) is 1.05. The molecule has 0 spiro atoms. The van der Waals surface area contributed by atoms with Crippen molar-refractivity contribution in [3.05, 3.63) is 12.2 Å². The fourth-order valence-electron chi connectivity index (χ4n) is 1.05. The van der Waals surface area contributed by atoms with E-state index >= 15 is 0 Å². The summed E-state index contributed by atoms with van der Waals surface area (Å²) in [5.74, 6) is 0.652. The van der Waals surface area contributed by atoms with E-state index in [4.69, 9.17) is 10.8 Å². The van der Waals surface area contributed by atoms with Crippen LogP contribution in [0.3, 0.4) is 0 Å². The first kappa shape index (κ1) is 9.15. The molecule has 3 N–H and O–H groups in total. The van der Waals surface area contributed by atoms with Crippen LogP contribution in [-0.2, 0) is 6.54 Å². The monoisotopic (exact) mass is 170 g/mol. The van der Waals surface area contributed by atoms with E-state index in [0.29, 0.717) is 5.82 Å². The molecule has 1 atom stereocenters. The Hall–Kier alpha value is -0.940. The van der Waals surface area contributed by atoms with Crippen LogP contribution in [-0.4, -0.2) is 26.5 Å². The molecule has 5 heteroatoms. The third-order valence-electron chi connectivity index (χ3n) is 1.64. The maximum Gasteiger partial charge on any atom is 0.152 e. The van der Waals surface area contributed by atoms with Crippen LogP contribution in [0.1, 0.15) is 25.2 Å². The highest BCUT2D eigenvalue weighted by atomic mass is 16.3. The highest BCUT2D eigenvalue weighted by Crippen LogP contribution is 2.05. The Kier molecular flexibility index (Phi) is 3.19. The molecule has 0 aliphatic rings. The molecule has 5 nitrogen and oxygen atoms in total. The molecule has 0 saturated carbocycles. The molecule has 0 radical (unpaired) electrons. The Morgan fingerprint density at radius 2 is 2.50 bits per heavy atom. The minimum Gasteiger partial charge on any atom is -0.394 e. The molecule has 68 valence electrons. The number of aryl methyl sites for hydroxylation is 1. The molecule has 0 fully saturated rings. The third-order valence-corrected chi connectivity index (χ3v) is 1.64. The Labute approximate surface area is 71.2 Å². The number of hydrogen-bond donors (Lipinski definition) is 2. The summed E-state index contributed by atoms with van der Waals surface area (Å²) in [7, 11) is 0. The van der Waals surface area contributed by atoms with Crippen molar-refractivity contribution in [3.8, 4) is 0 Å². The summed E-state index contributed by atoms with van der Waals surface area (Å²) in [5.41, 5.74) is 5.60. The van der Waals surface area contributed by atoms with Crippen molar-refractivity contribution < 1.29 is 5.11 Å². The van der Waals surface area contributed by atoms with Crippen LogP contribution in [0.4, 0.5) is 0 Å². The minimum absolute atomic E-state index is 0.0948. The van der Waals surface area contributed by atoms with Crippen molar-refractivity contribution in [1.29, 1.82) is 0 Å². The van der Waals surface area contributed by atoms with Gasteiger partial charge in [-0.05, 0) is 6.42 Å². The predicted octanol–water partition coefficient (Wildman–Crippen LogP) is -0.320. The van der Waals surface area contributed by atoms with Crippen molar-refractivity contribution in [3.63, 3.8) is 0 Å². The average Bonchev–Trinajstić information content (AvgIpc) is 2.52. The Bertz CT molecular complexity index is 235. The summed E-state index contributed by atoms with van der Waals surface area (Å²) in [6.45, 7) is 2.81. The van der Waals surface area contributed by atoms with Gasteiger partial charge in [-0.1, -0.05) is 6.92 Å². The number of nitrogens with zero attached hydrogens (tertiary/aromatic N) is 3. The van der Waals surface area contributed by atoms with E-state index in [1.807, 2.05) is 4.57 Å². The van der Waals surface area contributed by atoms with E-state index in [0.717, 1.165) is 13.0 Å². The zero-order chi connectivity index (χ0) is 8.97. The van der Waals surface area contributed by atoms with Gasteiger partial charge in [0.15, 0.2) is 5.82 Å². The molecule has 0 saturated heterocycles. The summed E-state index contributed by atoms with van der Waals surface area (Å²) in [6, 6.07) is -0.418. The maximum atomic E-state index is 8.79. The molecule has 0 bridgehead atoms. The van der Waals surface area contributed by atoms with Crippen molar-refractivity contribution >= 4 is 0 Å². The van der Waals surface area contributed by atoms with Gasteiger partial charge in [0, 0.05) is 6.54 Å². The number of hydrogen-bond acceptors (Lipinski definition) is 4. The van der Waals surface area contributed by atoms with Crippen molar-refractivity contribution in [2.75, 3.05) is 6.61 Å². The lowest BCUT2D eigenvalue weighted by molar-refractivity contribution is 0.260. The normalized spacial score (nSPS) is 13.2. The van der Waals surface area contributed by atoms with Crippen LogP contribution < -0.4 is 5.73 Å². The van der Waals surface area contributed by atoms with Crippen molar-refractivity contribution in [2.24, 2.45) is 5.73 Å². The van der Waals surface area contributed by atoms with Gasteiger partial charge >= 0.3 is 0 Å². The van der Waals surface area contributed by atoms with Crippen LogP contribution >= 0.6 is 0 Å². The number of aromatic nitrogens is 3. The van der Waals surface area contributed by atoms with Gasteiger partial charge < -0.3 is 15.4 Å². The third kappa shape index (κ3) is 1.80. The summed E-state index contributed by atoms with van der Waals surface area (Å²) >= 11 is 0. The lowest BCUT2D eigenvalue weighted by Gasteiger charge is -2.08. The highest BCUT2D eigenvalue weighted by molar-refractivity contribution is 4.93. The van der Waals surface area contributed by atoms with Gasteiger partial charge in [-0.25, -0.2) is 0 Å². The standard InChI is InChI=1S/C7H14N4O/c1-2-3-11-5-9-10-7(11)6(8)4-12/h5-6,12H,2-4,8H2,1H3/t6-/m1/s1. The first-order valence-electron chi connectivity index (χ1n) is 4.03. The average molecular weight is 170 g/mol. The predicted molar refractivity (Wildman–Crippen MR) is 44.3 cm³/mol. The second-order valence-electron chi connectivity index (χ2n) is 2.67. The summed E-state index contributed by atoms with van der Waals surface area (Å²) in [4.78, 5) is 0. The SMILES string of the molecule is CCCn1cnnc1[C@H](N)CO. The molecule has 1 aromatic rings. The van der Waals surface area contributed by atoms with Crippen LogP contribution in [0.2, 0.25) is 0 Å². The first-order chi connectivity index (χ1) is 5.79. The second-order valence-corrected chi connectivity index (χ2v) is 2.67. The van der Waals surface area contributed by atoms with E-state index in [9.17, 15) is 0 Å². The molecule has 12 heavy (non-hydrogen) atoms. The van der Waals surface area contributed by atoms with Gasteiger partial charge in [-0.15, -0.1) is 10.2 Å². The van der Waals surface area contributed by atoms with Gasteiger partial charge in [0.05, 0.1) is 12.6 Å². The van der Waals surface area contributed by atoms with Gasteiger partial charge in [-0.2, -0.15) is 0 Å². The summed E-state index contributed by atoms with van der Waals surface area (Å²) in [6.07, 6.45) is 2.64. The highest BCUT2D eigenvalue weighted by Gasteiger charge is 2.11. The van der Waals surface area contributed by atoms with Crippen LogP contribution in [0, 0.1) is 0 Å². The van der Waals surface area contributed by atoms with Crippen molar-refractivity contribution in [2.45, 2.75) is 25.9 Å². The Morgan fingerprint density at radius 1 is 1.75 bits per heavy atom. The molecule has 0 aliphatic carbocycles. The number of rotatable bonds is 4. The zero-order valence-corrected chi connectivity index (χ0v) is 7.14. The van der Waals surface area contributed by atoms with E-state index < -0.39 is 6.04 Å². The van der Waals surface area contributed by atoms with E-state index in [1.54, 1.807) is 6.33 Å².